The third-order valence-electron chi connectivity index (χ3n) is 9.28. The molecule has 4 rings (SSSR count). The van der Waals surface area contributed by atoms with E-state index in [1.54, 1.807) is 0 Å². The number of hydrogen-bond acceptors (Lipinski definition) is 1. The summed E-state index contributed by atoms with van der Waals surface area (Å²) < 4.78 is 36.0. The van der Waals surface area contributed by atoms with Crippen molar-refractivity contribution in [3.8, 4) is 0 Å². The van der Waals surface area contributed by atoms with Gasteiger partial charge in [0.15, 0.2) is 5.67 Å². The van der Waals surface area contributed by atoms with Crippen molar-refractivity contribution < 1.29 is 13.5 Å². The largest absolute Gasteiger partial charge is 0.338 e. The quantitative estimate of drug-likeness (QED) is 0.407. The van der Waals surface area contributed by atoms with Gasteiger partial charge in [0.1, 0.15) is 6.10 Å². The SMILES string of the molecule is C=C[C@H]1CC[C@H]([C@H]2CC[C@@H]([C@@]3(F)C(C4CCC(CCC)CC4)O[C@@H]3F)CC2)CC1. The molecule has 1 nitrogen and oxygen atoms in total. The Morgan fingerprint density at radius 2 is 1.41 bits per heavy atom. The van der Waals surface area contributed by atoms with Crippen LogP contribution < -0.4 is 0 Å². The number of rotatable bonds is 6. The normalized spacial score (nSPS) is 48.7. The molecular formula is C26H42F2O. The standard InChI is InChI=1S/C26H42F2O/c1-3-5-19-8-12-22(13-9-19)24-26(28,25(27)29-24)23-16-14-21(15-17-23)20-10-6-18(4-2)7-11-20/h4,18-25H,2-3,5-17H2,1H3/t18-,19?,20-,21-,22?,23+,24?,25-,26+/m0/s1. The lowest BCUT2D eigenvalue weighted by Crippen LogP contribution is -2.67. The zero-order valence-electron chi connectivity index (χ0n) is 18.5. The molecule has 29 heavy (non-hydrogen) atoms. The zero-order chi connectivity index (χ0) is 20.4. The Balaban J connectivity index is 1.29. The van der Waals surface area contributed by atoms with E-state index in [-0.39, 0.29) is 11.8 Å². The van der Waals surface area contributed by atoms with Crippen LogP contribution in [0.15, 0.2) is 12.7 Å². The minimum absolute atomic E-state index is 0.134. The molecule has 3 heteroatoms. The topological polar surface area (TPSA) is 9.23 Å². The van der Waals surface area contributed by atoms with E-state index in [4.69, 9.17) is 4.74 Å². The van der Waals surface area contributed by atoms with Crippen LogP contribution in [0.1, 0.15) is 96.8 Å². The van der Waals surface area contributed by atoms with E-state index in [0.717, 1.165) is 56.3 Å². The van der Waals surface area contributed by atoms with E-state index in [1.807, 2.05) is 0 Å². The molecule has 4 fully saturated rings. The van der Waals surface area contributed by atoms with Gasteiger partial charge in [-0.2, -0.15) is 0 Å². The Morgan fingerprint density at radius 1 is 0.862 bits per heavy atom. The smallest absolute Gasteiger partial charge is 0.236 e. The minimum Gasteiger partial charge on any atom is -0.338 e. The highest BCUT2D eigenvalue weighted by atomic mass is 19.2. The number of ether oxygens (including phenoxy) is 1. The Bertz CT molecular complexity index is 527. The van der Waals surface area contributed by atoms with Crippen LogP contribution in [0.25, 0.3) is 0 Å². The molecule has 0 aromatic carbocycles. The van der Waals surface area contributed by atoms with Gasteiger partial charge in [0, 0.05) is 5.92 Å². The van der Waals surface area contributed by atoms with E-state index in [1.165, 1.54) is 51.4 Å². The number of alkyl halides is 2. The van der Waals surface area contributed by atoms with Crippen LogP contribution in [0.4, 0.5) is 8.78 Å². The van der Waals surface area contributed by atoms with Crippen LogP contribution in [-0.2, 0) is 4.74 Å². The molecule has 0 aromatic heterocycles. The summed E-state index contributed by atoms with van der Waals surface area (Å²) in [6.07, 6.45) is 15.9. The molecule has 0 spiro atoms. The van der Waals surface area contributed by atoms with E-state index >= 15 is 4.39 Å². The molecule has 3 saturated carbocycles. The van der Waals surface area contributed by atoms with E-state index < -0.39 is 18.1 Å². The second-order valence-electron chi connectivity index (χ2n) is 10.8. The van der Waals surface area contributed by atoms with E-state index in [9.17, 15) is 4.39 Å². The fourth-order valence-corrected chi connectivity index (χ4v) is 7.36. The fraction of sp³-hybridized carbons (Fsp3) is 0.923. The molecule has 3 atom stereocenters. The van der Waals surface area contributed by atoms with Crippen molar-refractivity contribution in [2.45, 2.75) is 115 Å². The number of halogens is 2. The van der Waals surface area contributed by atoms with E-state index in [2.05, 4.69) is 19.6 Å². The molecule has 1 aliphatic heterocycles. The molecule has 0 radical (unpaired) electrons. The van der Waals surface area contributed by atoms with Gasteiger partial charge >= 0.3 is 0 Å². The Morgan fingerprint density at radius 3 is 1.93 bits per heavy atom. The summed E-state index contributed by atoms with van der Waals surface area (Å²) >= 11 is 0. The van der Waals surface area contributed by atoms with Crippen molar-refractivity contribution in [1.82, 2.24) is 0 Å². The molecule has 166 valence electrons. The minimum atomic E-state index is -1.71. The summed E-state index contributed by atoms with van der Waals surface area (Å²) in [5, 5.41) is 0. The Labute approximate surface area is 177 Å². The van der Waals surface area contributed by atoms with Gasteiger partial charge < -0.3 is 4.74 Å². The van der Waals surface area contributed by atoms with Crippen molar-refractivity contribution >= 4 is 0 Å². The molecule has 0 bridgehead atoms. The molecular weight excluding hydrogens is 366 g/mol. The van der Waals surface area contributed by atoms with Crippen molar-refractivity contribution in [2.75, 3.05) is 0 Å². The van der Waals surface area contributed by atoms with Gasteiger partial charge in [-0.3, -0.25) is 0 Å². The maximum atomic E-state index is 16.0. The molecule has 3 aliphatic carbocycles. The summed E-state index contributed by atoms with van der Waals surface area (Å²) in [6.45, 7) is 6.19. The van der Waals surface area contributed by atoms with Crippen molar-refractivity contribution in [1.29, 1.82) is 0 Å². The van der Waals surface area contributed by atoms with Crippen LogP contribution in [0.3, 0.4) is 0 Å². The highest BCUT2D eigenvalue weighted by Crippen LogP contribution is 2.55. The molecule has 0 N–H and O–H groups in total. The predicted octanol–water partition coefficient (Wildman–Crippen LogP) is 7.79. The first-order valence-corrected chi connectivity index (χ1v) is 12.7. The van der Waals surface area contributed by atoms with Crippen LogP contribution >= 0.6 is 0 Å². The van der Waals surface area contributed by atoms with Crippen LogP contribution in [-0.4, -0.2) is 18.1 Å². The van der Waals surface area contributed by atoms with Crippen LogP contribution in [0.2, 0.25) is 0 Å². The van der Waals surface area contributed by atoms with Crippen molar-refractivity contribution in [2.24, 2.45) is 35.5 Å². The Kier molecular flexibility index (Phi) is 7.03. The molecule has 0 amide bonds. The average Bonchev–Trinajstić information content (AvgIpc) is 2.78. The average molecular weight is 409 g/mol. The predicted molar refractivity (Wildman–Crippen MR) is 115 cm³/mol. The fourth-order valence-electron chi connectivity index (χ4n) is 7.36. The van der Waals surface area contributed by atoms with Crippen LogP contribution in [0, 0.1) is 35.5 Å². The van der Waals surface area contributed by atoms with E-state index in [0.29, 0.717) is 5.92 Å². The lowest BCUT2D eigenvalue weighted by Gasteiger charge is -2.55. The number of hydrogen-bond donors (Lipinski definition) is 0. The van der Waals surface area contributed by atoms with Crippen molar-refractivity contribution in [3.05, 3.63) is 12.7 Å². The molecule has 0 aromatic rings. The second kappa shape index (κ2) is 9.37. The van der Waals surface area contributed by atoms with Gasteiger partial charge in [0.25, 0.3) is 0 Å². The summed E-state index contributed by atoms with van der Waals surface area (Å²) in [5.41, 5.74) is -1.71. The lowest BCUT2D eigenvalue weighted by molar-refractivity contribution is -0.344. The highest BCUT2D eigenvalue weighted by molar-refractivity contribution is 5.08. The monoisotopic (exact) mass is 408 g/mol. The van der Waals surface area contributed by atoms with Gasteiger partial charge in [0.2, 0.25) is 6.36 Å². The molecule has 1 heterocycles. The third-order valence-corrected chi connectivity index (χ3v) is 9.28. The van der Waals surface area contributed by atoms with Gasteiger partial charge in [-0.05, 0) is 93.8 Å². The zero-order valence-corrected chi connectivity index (χ0v) is 18.5. The summed E-state index contributed by atoms with van der Waals surface area (Å²) in [6, 6.07) is 0. The Hall–Kier alpha value is -0.440. The third kappa shape index (κ3) is 4.32. The molecule has 1 unspecified atom stereocenters. The highest BCUT2D eigenvalue weighted by Gasteiger charge is 2.65. The van der Waals surface area contributed by atoms with Gasteiger partial charge in [-0.15, -0.1) is 6.58 Å². The summed E-state index contributed by atoms with van der Waals surface area (Å²) in [5.74, 6) is 3.11. The summed E-state index contributed by atoms with van der Waals surface area (Å²) in [7, 11) is 0. The first-order chi connectivity index (χ1) is 14.1. The molecule has 4 aliphatic rings. The van der Waals surface area contributed by atoms with Gasteiger partial charge in [-0.25, -0.2) is 8.78 Å². The van der Waals surface area contributed by atoms with Gasteiger partial charge in [-0.1, -0.05) is 38.7 Å². The lowest BCUT2D eigenvalue weighted by atomic mass is 9.62. The number of allylic oxidation sites excluding steroid dienone is 1. The van der Waals surface area contributed by atoms with Crippen LogP contribution in [0.5, 0.6) is 0 Å². The second-order valence-corrected chi connectivity index (χ2v) is 10.8. The maximum Gasteiger partial charge on any atom is 0.236 e. The first-order valence-electron chi connectivity index (χ1n) is 12.7. The molecule has 1 saturated heterocycles. The maximum absolute atomic E-state index is 16.0. The van der Waals surface area contributed by atoms with Gasteiger partial charge in [0.05, 0.1) is 0 Å². The van der Waals surface area contributed by atoms with Crippen molar-refractivity contribution in [3.63, 3.8) is 0 Å². The summed E-state index contributed by atoms with van der Waals surface area (Å²) in [4.78, 5) is 0. The first kappa shape index (κ1) is 21.8.